The van der Waals surface area contributed by atoms with Crippen molar-refractivity contribution in [3.63, 3.8) is 0 Å². The molecule has 0 radical (unpaired) electrons. The third-order valence-corrected chi connectivity index (χ3v) is 3.95. The second-order valence-electron chi connectivity index (χ2n) is 2.91. The lowest BCUT2D eigenvalue weighted by Gasteiger charge is -2.27. The molecule has 0 atom stereocenters. The van der Waals surface area contributed by atoms with E-state index in [0.717, 1.165) is 12.8 Å². The maximum absolute atomic E-state index is 8.44. The first-order valence-corrected chi connectivity index (χ1v) is 5.61. The minimum Gasteiger partial charge on any atom is -0.368 e. The smallest absolute Gasteiger partial charge is 0.212 e. The van der Waals surface area contributed by atoms with E-state index in [2.05, 4.69) is 25.1 Å². The summed E-state index contributed by atoms with van der Waals surface area (Å²) in [6.07, 6.45) is 4.17. The topological polar surface area (TPSA) is 70.6 Å². The van der Waals surface area contributed by atoms with Crippen LogP contribution in [0.1, 0.15) is 26.7 Å². The molecule has 0 aliphatic heterocycles. The molecule has 0 rings (SSSR count). The first-order valence-electron chi connectivity index (χ1n) is 4.39. The van der Waals surface area contributed by atoms with Gasteiger partial charge in [0.05, 0.1) is 6.54 Å². The van der Waals surface area contributed by atoms with Crippen LogP contribution in [-0.4, -0.2) is 28.7 Å². The van der Waals surface area contributed by atoms with Crippen LogP contribution in [0.15, 0.2) is 4.99 Å². The molecule has 4 nitrogen and oxygen atoms in total. The van der Waals surface area contributed by atoms with Crippen molar-refractivity contribution >= 4 is 17.7 Å². The normalized spacial score (nSPS) is 13.1. The number of nitrogens with zero attached hydrogens (tertiary/aromatic N) is 1. The van der Waals surface area contributed by atoms with E-state index < -0.39 is 0 Å². The van der Waals surface area contributed by atoms with Gasteiger partial charge in [-0.25, -0.2) is 5.48 Å². The van der Waals surface area contributed by atoms with Crippen molar-refractivity contribution in [1.82, 2.24) is 5.48 Å². The lowest BCUT2D eigenvalue weighted by molar-refractivity contribution is 0.232. The number of hydrogen-bond acceptors (Lipinski definition) is 3. The summed E-state index contributed by atoms with van der Waals surface area (Å²) in [4.78, 5) is 4.04. The largest absolute Gasteiger partial charge is 0.368 e. The molecule has 78 valence electrons. The maximum atomic E-state index is 8.44. The molecule has 0 bridgehead atoms. The van der Waals surface area contributed by atoms with Crippen LogP contribution in [-0.2, 0) is 0 Å². The SMILES string of the molecule is CCC(CC)(CN=C(N)NO)SC. The molecule has 0 spiro atoms. The van der Waals surface area contributed by atoms with E-state index in [1.54, 1.807) is 11.8 Å². The molecule has 0 aliphatic rings. The second kappa shape index (κ2) is 6.10. The number of rotatable bonds is 5. The monoisotopic (exact) mass is 205 g/mol. The Bertz CT molecular complexity index is 161. The summed E-state index contributed by atoms with van der Waals surface area (Å²) in [6.45, 7) is 4.91. The minimum absolute atomic E-state index is 0.0836. The zero-order valence-electron chi connectivity index (χ0n) is 8.50. The summed E-state index contributed by atoms with van der Waals surface area (Å²) < 4.78 is 0.154. The molecule has 0 amide bonds. The van der Waals surface area contributed by atoms with Crippen LogP contribution in [0.25, 0.3) is 0 Å². The van der Waals surface area contributed by atoms with Crippen molar-refractivity contribution in [2.45, 2.75) is 31.4 Å². The van der Waals surface area contributed by atoms with Gasteiger partial charge in [0.1, 0.15) is 0 Å². The van der Waals surface area contributed by atoms with E-state index in [-0.39, 0.29) is 10.7 Å². The van der Waals surface area contributed by atoms with Crippen molar-refractivity contribution < 1.29 is 5.21 Å². The van der Waals surface area contributed by atoms with Gasteiger partial charge in [0.15, 0.2) is 0 Å². The van der Waals surface area contributed by atoms with Crippen molar-refractivity contribution in [1.29, 1.82) is 0 Å². The van der Waals surface area contributed by atoms with Gasteiger partial charge >= 0.3 is 0 Å². The van der Waals surface area contributed by atoms with E-state index in [4.69, 9.17) is 10.9 Å². The first-order chi connectivity index (χ1) is 6.14. The molecule has 0 aliphatic carbocycles. The van der Waals surface area contributed by atoms with Crippen LogP contribution < -0.4 is 11.2 Å². The quantitative estimate of drug-likeness (QED) is 0.358. The van der Waals surface area contributed by atoms with Crippen molar-refractivity contribution in [3.05, 3.63) is 0 Å². The number of nitrogens with one attached hydrogen (secondary N) is 1. The third-order valence-electron chi connectivity index (χ3n) is 2.37. The highest BCUT2D eigenvalue weighted by Gasteiger charge is 2.24. The Hall–Kier alpha value is -0.420. The standard InChI is InChI=1S/C8H19N3OS/c1-4-8(5-2,13-3)6-10-7(9)11-12/h12H,4-6H2,1-3H3,(H3,9,10,11). The third kappa shape index (κ3) is 3.87. The summed E-state index contributed by atoms with van der Waals surface area (Å²) in [6, 6.07) is 0. The van der Waals surface area contributed by atoms with Gasteiger partial charge in [-0.3, -0.25) is 10.2 Å². The molecule has 0 aromatic carbocycles. The van der Waals surface area contributed by atoms with E-state index in [9.17, 15) is 0 Å². The molecule has 0 aromatic heterocycles. The number of aliphatic imine (C=N–C) groups is 1. The molecule has 5 heteroatoms. The fourth-order valence-electron chi connectivity index (χ4n) is 1.09. The van der Waals surface area contributed by atoms with E-state index in [1.165, 1.54) is 0 Å². The van der Waals surface area contributed by atoms with Crippen molar-refractivity contribution in [2.24, 2.45) is 10.7 Å². The van der Waals surface area contributed by atoms with Crippen LogP contribution in [0.3, 0.4) is 0 Å². The zero-order chi connectivity index (χ0) is 10.3. The highest BCUT2D eigenvalue weighted by Crippen LogP contribution is 2.30. The van der Waals surface area contributed by atoms with E-state index >= 15 is 0 Å². The summed E-state index contributed by atoms with van der Waals surface area (Å²) in [5.74, 6) is 0.0836. The predicted molar refractivity (Wildman–Crippen MR) is 58.2 cm³/mol. The fraction of sp³-hybridized carbons (Fsp3) is 0.875. The Morgan fingerprint density at radius 3 is 2.38 bits per heavy atom. The Morgan fingerprint density at radius 2 is 2.08 bits per heavy atom. The van der Waals surface area contributed by atoms with Crippen molar-refractivity contribution in [2.75, 3.05) is 12.8 Å². The maximum Gasteiger partial charge on any atom is 0.212 e. The van der Waals surface area contributed by atoms with Crippen molar-refractivity contribution in [3.8, 4) is 0 Å². The summed E-state index contributed by atoms with van der Waals surface area (Å²) in [5, 5.41) is 8.44. The van der Waals surface area contributed by atoms with Crippen LogP contribution in [0.2, 0.25) is 0 Å². The van der Waals surface area contributed by atoms with Crippen LogP contribution in [0, 0.1) is 0 Å². The Morgan fingerprint density at radius 1 is 1.54 bits per heavy atom. The van der Waals surface area contributed by atoms with Crippen LogP contribution in [0.5, 0.6) is 0 Å². The van der Waals surface area contributed by atoms with Gasteiger partial charge in [-0.1, -0.05) is 13.8 Å². The Labute approximate surface area is 84.0 Å². The van der Waals surface area contributed by atoms with Gasteiger partial charge in [-0.05, 0) is 19.1 Å². The minimum atomic E-state index is 0.0836. The zero-order valence-corrected chi connectivity index (χ0v) is 9.32. The number of hydrogen-bond donors (Lipinski definition) is 3. The molecule has 0 fully saturated rings. The highest BCUT2D eigenvalue weighted by atomic mass is 32.2. The highest BCUT2D eigenvalue weighted by molar-refractivity contribution is 8.00. The van der Waals surface area contributed by atoms with E-state index in [1.807, 2.05) is 5.48 Å². The molecule has 0 unspecified atom stereocenters. The fourth-order valence-corrected chi connectivity index (χ4v) is 1.86. The molecule has 0 saturated carbocycles. The summed E-state index contributed by atoms with van der Waals surface area (Å²) in [7, 11) is 0. The molecular formula is C8H19N3OS. The molecule has 0 saturated heterocycles. The molecule has 4 N–H and O–H groups in total. The lowest BCUT2D eigenvalue weighted by Crippen LogP contribution is -2.33. The van der Waals surface area contributed by atoms with Crippen LogP contribution in [0.4, 0.5) is 0 Å². The Balaban J connectivity index is 4.25. The van der Waals surface area contributed by atoms with Gasteiger partial charge in [-0.2, -0.15) is 11.8 Å². The first kappa shape index (κ1) is 12.6. The molecule has 0 heterocycles. The number of guanidine groups is 1. The Kier molecular flexibility index (Phi) is 5.90. The van der Waals surface area contributed by atoms with Gasteiger partial charge in [0, 0.05) is 4.75 Å². The molecule has 0 aromatic rings. The average molecular weight is 205 g/mol. The number of nitrogens with two attached hydrogens (primary N) is 1. The van der Waals surface area contributed by atoms with Gasteiger partial charge in [0.2, 0.25) is 5.96 Å². The summed E-state index contributed by atoms with van der Waals surface area (Å²) in [5.41, 5.74) is 7.15. The average Bonchev–Trinajstić information content (AvgIpc) is 2.20. The molecule has 13 heavy (non-hydrogen) atoms. The van der Waals surface area contributed by atoms with Gasteiger partial charge in [-0.15, -0.1) is 0 Å². The van der Waals surface area contributed by atoms with E-state index in [0.29, 0.717) is 6.54 Å². The summed E-state index contributed by atoms with van der Waals surface area (Å²) >= 11 is 1.80. The second-order valence-corrected chi connectivity index (χ2v) is 4.18. The number of hydroxylamine groups is 1. The van der Waals surface area contributed by atoms with Gasteiger partial charge < -0.3 is 5.73 Å². The number of thioether (sulfide) groups is 1. The van der Waals surface area contributed by atoms with Crippen LogP contribution >= 0.6 is 11.8 Å². The molecular weight excluding hydrogens is 186 g/mol. The predicted octanol–water partition coefficient (Wildman–Crippen LogP) is 1.20. The lowest BCUT2D eigenvalue weighted by atomic mass is 10.0. The van der Waals surface area contributed by atoms with Gasteiger partial charge in [0.25, 0.3) is 0 Å².